The largest absolute Gasteiger partial charge is 0.331 e. The van der Waals surface area contributed by atoms with E-state index in [-0.39, 0.29) is 17.2 Å². The van der Waals surface area contributed by atoms with E-state index in [9.17, 15) is 9.59 Å². The average molecular weight is 484 g/mol. The standard InChI is InChI=1S/C22H21N5O2S3/c1-12(2)9-27-20-17(19(28)26(3)22(27)29)18(32-21-23-11-24-25-21)16(31-20)8-13-10-30-15-7-5-4-6-14(13)15/h4-7,10-12H,8-9H2,1-3H3,(H,23,24,25). The lowest BCUT2D eigenvalue weighted by molar-refractivity contribution is 0.504. The van der Waals surface area contributed by atoms with E-state index in [0.717, 1.165) is 14.6 Å². The van der Waals surface area contributed by atoms with Crippen molar-refractivity contribution < 1.29 is 0 Å². The van der Waals surface area contributed by atoms with E-state index in [0.29, 0.717) is 23.5 Å². The topological polar surface area (TPSA) is 85.6 Å². The molecule has 0 spiro atoms. The van der Waals surface area contributed by atoms with Crippen molar-refractivity contribution in [2.45, 2.75) is 36.9 Å². The lowest BCUT2D eigenvalue weighted by atomic mass is 10.1. The van der Waals surface area contributed by atoms with Gasteiger partial charge >= 0.3 is 5.69 Å². The lowest BCUT2D eigenvalue weighted by Crippen LogP contribution is -2.38. The van der Waals surface area contributed by atoms with E-state index >= 15 is 0 Å². The zero-order valence-electron chi connectivity index (χ0n) is 17.8. The van der Waals surface area contributed by atoms with Crippen LogP contribution in [0.25, 0.3) is 20.3 Å². The first kappa shape index (κ1) is 21.2. The second-order valence-electron chi connectivity index (χ2n) is 8.02. The first-order valence-electron chi connectivity index (χ1n) is 10.2. The first-order chi connectivity index (χ1) is 15.4. The molecule has 164 valence electrons. The van der Waals surface area contributed by atoms with Crippen LogP contribution in [0.4, 0.5) is 0 Å². The van der Waals surface area contributed by atoms with E-state index in [1.165, 1.54) is 49.6 Å². The molecule has 0 atom stereocenters. The summed E-state index contributed by atoms with van der Waals surface area (Å²) in [5, 5.41) is 12.6. The van der Waals surface area contributed by atoms with E-state index in [4.69, 9.17) is 0 Å². The van der Waals surface area contributed by atoms with Crippen LogP contribution in [0.1, 0.15) is 24.3 Å². The predicted octanol–water partition coefficient (Wildman–Crippen LogP) is 4.49. The number of nitrogens with one attached hydrogen (secondary N) is 1. The first-order valence-corrected chi connectivity index (χ1v) is 12.7. The molecule has 0 aliphatic carbocycles. The number of hydrogen-bond acceptors (Lipinski definition) is 7. The molecule has 5 aromatic rings. The van der Waals surface area contributed by atoms with Crippen molar-refractivity contribution in [2.75, 3.05) is 0 Å². The Balaban J connectivity index is 1.76. The van der Waals surface area contributed by atoms with Gasteiger partial charge in [0.25, 0.3) is 5.56 Å². The average Bonchev–Trinajstić information content (AvgIpc) is 3.51. The van der Waals surface area contributed by atoms with Crippen molar-refractivity contribution in [2.24, 2.45) is 13.0 Å². The summed E-state index contributed by atoms with van der Waals surface area (Å²) in [6.07, 6.45) is 2.20. The van der Waals surface area contributed by atoms with Crippen LogP contribution in [0.15, 0.2) is 55.6 Å². The maximum absolute atomic E-state index is 13.3. The van der Waals surface area contributed by atoms with E-state index in [1.54, 1.807) is 23.0 Å². The van der Waals surface area contributed by atoms with E-state index < -0.39 is 0 Å². The molecule has 0 aliphatic heterocycles. The minimum atomic E-state index is -0.277. The van der Waals surface area contributed by atoms with Crippen LogP contribution in [-0.2, 0) is 20.0 Å². The smallest absolute Gasteiger partial charge is 0.322 e. The predicted molar refractivity (Wildman–Crippen MR) is 131 cm³/mol. The van der Waals surface area contributed by atoms with Crippen molar-refractivity contribution in [1.82, 2.24) is 24.3 Å². The molecule has 0 fully saturated rings. The minimum Gasteiger partial charge on any atom is -0.322 e. The molecular formula is C22H21N5O2S3. The van der Waals surface area contributed by atoms with Crippen LogP contribution in [0, 0.1) is 5.92 Å². The summed E-state index contributed by atoms with van der Waals surface area (Å²) >= 11 is 4.65. The molecule has 0 bridgehead atoms. The highest BCUT2D eigenvalue weighted by Crippen LogP contribution is 2.41. The van der Waals surface area contributed by atoms with Gasteiger partial charge in [-0.05, 0) is 40.1 Å². The summed E-state index contributed by atoms with van der Waals surface area (Å²) in [7, 11) is 1.55. The van der Waals surface area contributed by atoms with Gasteiger partial charge in [-0.2, -0.15) is 0 Å². The number of rotatable bonds is 6. The quantitative estimate of drug-likeness (QED) is 0.385. The Bertz CT molecular complexity index is 1540. The highest BCUT2D eigenvalue weighted by Gasteiger charge is 2.23. The van der Waals surface area contributed by atoms with Gasteiger partial charge in [0.15, 0.2) is 5.16 Å². The Labute approximate surface area is 195 Å². The van der Waals surface area contributed by atoms with Gasteiger partial charge in [0.1, 0.15) is 11.2 Å². The molecule has 1 aromatic carbocycles. The van der Waals surface area contributed by atoms with Gasteiger partial charge in [0.05, 0.1) is 5.39 Å². The molecule has 0 saturated carbocycles. The van der Waals surface area contributed by atoms with Crippen molar-refractivity contribution in [3.8, 4) is 0 Å². The fraction of sp³-hybridized carbons (Fsp3) is 0.273. The van der Waals surface area contributed by atoms with Crippen LogP contribution in [0.2, 0.25) is 0 Å². The molecule has 0 saturated heterocycles. The lowest BCUT2D eigenvalue weighted by Gasteiger charge is -2.11. The maximum Gasteiger partial charge on any atom is 0.331 e. The maximum atomic E-state index is 13.3. The van der Waals surface area contributed by atoms with E-state index in [1.807, 2.05) is 12.1 Å². The van der Waals surface area contributed by atoms with Gasteiger partial charge in [-0.3, -0.25) is 13.9 Å². The number of aromatic amines is 1. The minimum absolute atomic E-state index is 0.269. The number of aromatic nitrogens is 5. The number of H-pyrrole nitrogens is 1. The molecule has 4 heterocycles. The molecule has 0 unspecified atom stereocenters. The molecule has 32 heavy (non-hydrogen) atoms. The second kappa shape index (κ2) is 8.34. The Morgan fingerprint density at radius 3 is 2.78 bits per heavy atom. The third-order valence-electron chi connectivity index (χ3n) is 5.25. The monoisotopic (exact) mass is 483 g/mol. The zero-order chi connectivity index (χ0) is 22.4. The summed E-state index contributed by atoms with van der Waals surface area (Å²) < 4.78 is 4.19. The van der Waals surface area contributed by atoms with Crippen LogP contribution < -0.4 is 11.2 Å². The summed E-state index contributed by atoms with van der Waals surface area (Å²) in [6.45, 7) is 4.69. The fourth-order valence-electron chi connectivity index (χ4n) is 3.79. The number of fused-ring (bicyclic) bond motifs is 2. The van der Waals surface area contributed by atoms with Crippen LogP contribution >= 0.6 is 34.4 Å². The molecule has 10 heteroatoms. The van der Waals surface area contributed by atoms with Crippen molar-refractivity contribution in [3.63, 3.8) is 0 Å². The molecule has 0 radical (unpaired) electrons. The van der Waals surface area contributed by atoms with Gasteiger partial charge in [-0.1, -0.05) is 32.0 Å². The Morgan fingerprint density at radius 1 is 1.22 bits per heavy atom. The molecule has 5 rings (SSSR count). The number of nitrogens with zero attached hydrogens (tertiary/aromatic N) is 4. The number of benzene rings is 1. The number of hydrogen-bond donors (Lipinski definition) is 1. The highest BCUT2D eigenvalue weighted by atomic mass is 32.2. The third-order valence-corrected chi connectivity index (χ3v) is 8.65. The van der Waals surface area contributed by atoms with Crippen molar-refractivity contribution in [1.29, 1.82) is 0 Å². The SMILES string of the molecule is CC(C)Cn1c(=O)n(C)c(=O)c2c(Sc3nnc[nH]3)c(Cc3csc4ccccc34)sc21. The Kier molecular flexibility index (Phi) is 5.52. The Hall–Kier alpha value is -2.69. The van der Waals surface area contributed by atoms with Crippen LogP contribution in [0.3, 0.4) is 0 Å². The van der Waals surface area contributed by atoms with Gasteiger partial charge in [0, 0.05) is 34.5 Å². The van der Waals surface area contributed by atoms with E-state index in [2.05, 4.69) is 46.5 Å². The summed E-state index contributed by atoms with van der Waals surface area (Å²) in [6, 6.07) is 8.34. The molecule has 0 aliphatic rings. The molecule has 1 N–H and O–H groups in total. The molecule has 4 aromatic heterocycles. The second-order valence-corrected chi connectivity index (χ2v) is 11.0. The van der Waals surface area contributed by atoms with Gasteiger partial charge in [0.2, 0.25) is 0 Å². The highest BCUT2D eigenvalue weighted by molar-refractivity contribution is 7.99. The van der Waals surface area contributed by atoms with Gasteiger partial charge < -0.3 is 4.98 Å². The van der Waals surface area contributed by atoms with Crippen LogP contribution in [0.5, 0.6) is 0 Å². The fourth-order valence-corrected chi connectivity index (χ4v) is 7.14. The van der Waals surface area contributed by atoms with Gasteiger partial charge in [-0.25, -0.2) is 4.79 Å². The summed E-state index contributed by atoms with van der Waals surface area (Å²) in [5.41, 5.74) is 0.664. The summed E-state index contributed by atoms with van der Waals surface area (Å²) in [4.78, 5) is 31.9. The van der Waals surface area contributed by atoms with Crippen molar-refractivity contribution >= 4 is 54.7 Å². The third kappa shape index (κ3) is 3.62. The normalized spacial score (nSPS) is 11.9. The molecule has 7 nitrogen and oxygen atoms in total. The molecular weight excluding hydrogens is 462 g/mol. The molecule has 0 amide bonds. The number of thiophene rings is 2. The van der Waals surface area contributed by atoms with Crippen LogP contribution in [-0.4, -0.2) is 24.3 Å². The van der Waals surface area contributed by atoms with Gasteiger partial charge in [-0.15, -0.1) is 32.9 Å². The zero-order valence-corrected chi connectivity index (χ0v) is 20.2. The summed E-state index contributed by atoms with van der Waals surface area (Å²) in [5.74, 6) is 0.269. The Morgan fingerprint density at radius 2 is 2.03 bits per heavy atom. The van der Waals surface area contributed by atoms with Crippen molar-refractivity contribution in [3.05, 3.63) is 67.3 Å².